The summed E-state index contributed by atoms with van der Waals surface area (Å²) in [6.45, 7) is 2.29. The molecule has 4 nitrogen and oxygen atoms in total. The van der Waals surface area contributed by atoms with Crippen LogP contribution >= 0.6 is 0 Å². The molecule has 0 saturated carbocycles. The highest BCUT2D eigenvalue weighted by Crippen LogP contribution is 2.13. The molecular formula is C15H24N2O2S. The van der Waals surface area contributed by atoms with Crippen molar-refractivity contribution in [1.82, 2.24) is 9.62 Å². The molecule has 0 bridgehead atoms. The van der Waals surface area contributed by atoms with Crippen LogP contribution in [0, 0.1) is 0 Å². The Morgan fingerprint density at radius 1 is 1.20 bits per heavy atom. The predicted molar refractivity (Wildman–Crippen MR) is 82.2 cm³/mol. The van der Waals surface area contributed by atoms with Gasteiger partial charge in [-0.05, 0) is 37.8 Å². The minimum absolute atomic E-state index is 0.462. The van der Waals surface area contributed by atoms with Gasteiger partial charge in [-0.2, -0.15) is 0 Å². The van der Waals surface area contributed by atoms with E-state index in [-0.39, 0.29) is 0 Å². The standard InChI is InChI=1S/C15H24N2O2S/c1-20(18,19)17-12-9-15(10-13-17)16-11-5-8-14-6-3-2-4-7-14/h2-4,6-7,15-16H,5,8-13H2,1H3. The van der Waals surface area contributed by atoms with E-state index in [1.165, 1.54) is 11.8 Å². The Kier molecular flexibility index (Phi) is 5.57. The zero-order valence-corrected chi connectivity index (χ0v) is 12.9. The molecule has 1 aromatic carbocycles. The van der Waals surface area contributed by atoms with Gasteiger partial charge >= 0.3 is 0 Å². The van der Waals surface area contributed by atoms with Gasteiger partial charge in [0.05, 0.1) is 6.26 Å². The van der Waals surface area contributed by atoms with Crippen molar-refractivity contribution in [1.29, 1.82) is 0 Å². The van der Waals surface area contributed by atoms with Crippen LogP contribution in [0.2, 0.25) is 0 Å². The summed E-state index contributed by atoms with van der Waals surface area (Å²) in [7, 11) is -3.00. The van der Waals surface area contributed by atoms with Crippen LogP contribution in [0.25, 0.3) is 0 Å². The maximum Gasteiger partial charge on any atom is 0.211 e. The molecular weight excluding hydrogens is 272 g/mol. The molecule has 20 heavy (non-hydrogen) atoms. The minimum atomic E-state index is -3.00. The Balaban J connectivity index is 1.62. The van der Waals surface area contributed by atoms with E-state index in [4.69, 9.17) is 0 Å². The Morgan fingerprint density at radius 2 is 1.85 bits per heavy atom. The van der Waals surface area contributed by atoms with E-state index in [1.54, 1.807) is 4.31 Å². The van der Waals surface area contributed by atoms with Crippen molar-refractivity contribution in [3.05, 3.63) is 35.9 Å². The smallest absolute Gasteiger partial charge is 0.211 e. The molecule has 1 aromatic rings. The first-order valence-corrected chi connectivity index (χ1v) is 9.13. The Hall–Kier alpha value is -0.910. The highest BCUT2D eigenvalue weighted by molar-refractivity contribution is 7.88. The van der Waals surface area contributed by atoms with Crippen molar-refractivity contribution in [3.63, 3.8) is 0 Å². The van der Waals surface area contributed by atoms with Gasteiger partial charge in [0, 0.05) is 19.1 Å². The molecule has 1 aliphatic rings. The van der Waals surface area contributed by atoms with Crippen molar-refractivity contribution in [2.45, 2.75) is 31.7 Å². The fraction of sp³-hybridized carbons (Fsp3) is 0.600. The number of hydrogen-bond donors (Lipinski definition) is 1. The van der Waals surface area contributed by atoms with Crippen molar-refractivity contribution in [3.8, 4) is 0 Å². The summed E-state index contributed by atoms with van der Waals surface area (Å²) in [5.74, 6) is 0. The quantitative estimate of drug-likeness (QED) is 0.812. The van der Waals surface area contributed by atoms with Crippen molar-refractivity contribution < 1.29 is 8.42 Å². The van der Waals surface area contributed by atoms with Crippen LogP contribution in [-0.2, 0) is 16.4 Å². The minimum Gasteiger partial charge on any atom is -0.314 e. The first kappa shape index (κ1) is 15.5. The van der Waals surface area contributed by atoms with Crippen molar-refractivity contribution >= 4 is 10.0 Å². The van der Waals surface area contributed by atoms with Gasteiger partial charge in [-0.1, -0.05) is 30.3 Å². The molecule has 2 rings (SSSR count). The van der Waals surface area contributed by atoms with Gasteiger partial charge < -0.3 is 5.32 Å². The third kappa shape index (κ3) is 4.89. The molecule has 1 heterocycles. The molecule has 0 spiro atoms. The lowest BCUT2D eigenvalue weighted by Gasteiger charge is -2.30. The van der Waals surface area contributed by atoms with Gasteiger partial charge in [0.15, 0.2) is 0 Å². The van der Waals surface area contributed by atoms with E-state index in [0.717, 1.165) is 32.2 Å². The first-order valence-electron chi connectivity index (χ1n) is 7.28. The Labute approximate surface area is 122 Å². The van der Waals surface area contributed by atoms with Gasteiger partial charge in [0.1, 0.15) is 0 Å². The van der Waals surface area contributed by atoms with Crippen LogP contribution in [0.15, 0.2) is 30.3 Å². The van der Waals surface area contributed by atoms with Gasteiger partial charge in [0.25, 0.3) is 0 Å². The molecule has 0 radical (unpaired) electrons. The lowest BCUT2D eigenvalue weighted by Crippen LogP contribution is -2.44. The number of sulfonamides is 1. The number of aryl methyl sites for hydroxylation is 1. The molecule has 1 saturated heterocycles. The van der Waals surface area contributed by atoms with Gasteiger partial charge in [-0.3, -0.25) is 0 Å². The monoisotopic (exact) mass is 296 g/mol. The predicted octanol–water partition coefficient (Wildman–Crippen LogP) is 1.63. The zero-order chi connectivity index (χ0) is 14.4. The highest BCUT2D eigenvalue weighted by Gasteiger charge is 2.24. The van der Waals surface area contributed by atoms with E-state index in [0.29, 0.717) is 19.1 Å². The molecule has 5 heteroatoms. The summed E-state index contributed by atoms with van der Waals surface area (Å²) < 4.78 is 24.4. The first-order chi connectivity index (χ1) is 9.55. The number of nitrogens with one attached hydrogen (secondary N) is 1. The highest BCUT2D eigenvalue weighted by atomic mass is 32.2. The maximum absolute atomic E-state index is 11.4. The molecule has 112 valence electrons. The second-order valence-electron chi connectivity index (χ2n) is 5.48. The molecule has 0 amide bonds. The Bertz CT molecular complexity index is 494. The molecule has 1 fully saturated rings. The van der Waals surface area contributed by atoms with E-state index in [9.17, 15) is 8.42 Å². The zero-order valence-electron chi connectivity index (χ0n) is 12.1. The van der Waals surface area contributed by atoms with Crippen LogP contribution in [0.5, 0.6) is 0 Å². The van der Waals surface area contributed by atoms with Gasteiger partial charge in [0.2, 0.25) is 10.0 Å². The van der Waals surface area contributed by atoms with Crippen LogP contribution in [0.1, 0.15) is 24.8 Å². The SMILES string of the molecule is CS(=O)(=O)N1CCC(NCCCc2ccccc2)CC1. The molecule has 0 aromatic heterocycles. The molecule has 1 aliphatic heterocycles. The second kappa shape index (κ2) is 7.20. The average molecular weight is 296 g/mol. The molecule has 0 aliphatic carbocycles. The summed E-state index contributed by atoms with van der Waals surface area (Å²) in [5, 5.41) is 3.54. The van der Waals surface area contributed by atoms with E-state index < -0.39 is 10.0 Å². The molecule has 0 unspecified atom stereocenters. The number of hydrogen-bond acceptors (Lipinski definition) is 3. The maximum atomic E-state index is 11.4. The summed E-state index contributed by atoms with van der Waals surface area (Å²) >= 11 is 0. The topological polar surface area (TPSA) is 49.4 Å². The van der Waals surface area contributed by atoms with E-state index in [1.807, 2.05) is 6.07 Å². The third-order valence-corrected chi connectivity index (χ3v) is 5.14. The number of nitrogens with zero attached hydrogens (tertiary/aromatic N) is 1. The summed E-state index contributed by atoms with van der Waals surface area (Å²) in [6, 6.07) is 11.0. The summed E-state index contributed by atoms with van der Waals surface area (Å²) in [5.41, 5.74) is 1.38. The van der Waals surface area contributed by atoms with Crippen molar-refractivity contribution in [2.75, 3.05) is 25.9 Å². The third-order valence-electron chi connectivity index (χ3n) is 3.84. The normalized spacial score (nSPS) is 18.2. The van der Waals surface area contributed by atoms with Crippen LogP contribution in [0.4, 0.5) is 0 Å². The van der Waals surface area contributed by atoms with Crippen LogP contribution in [-0.4, -0.2) is 44.7 Å². The van der Waals surface area contributed by atoms with E-state index >= 15 is 0 Å². The lowest BCUT2D eigenvalue weighted by atomic mass is 10.1. The summed E-state index contributed by atoms with van der Waals surface area (Å²) in [6.07, 6.45) is 5.34. The second-order valence-corrected chi connectivity index (χ2v) is 7.46. The van der Waals surface area contributed by atoms with Crippen molar-refractivity contribution in [2.24, 2.45) is 0 Å². The number of rotatable bonds is 6. The summed E-state index contributed by atoms with van der Waals surface area (Å²) in [4.78, 5) is 0. The van der Waals surface area contributed by atoms with Gasteiger partial charge in [-0.25, -0.2) is 12.7 Å². The Morgan fingerprint density at radius 3 is 2.45 bits per heavy atom. The average Bonchev–Trinajstić information content (AvgIpc) is 2.44. The fourth-order valence-electron chi connectivity index (χ4n) is 2.63. The number of benzene rings is 1. The van der Waals surface area contributed by atoms with Crippen LogP contribution in [0.3, 0.4) is 0 Å². The molecule has 1 N–H and O–H groups in total. The number of piperidine rings is 1. The lowest BCUT2D eigenvalue weighted by molar-refractivity contribution is 0.291. The fourth-order valence-corrected chi connectivity index (χ4v) is 3.51. The van der Waals surface area contributed by atoms with Gasteiger partial charge in [-0.15, -0.1) is 0 Å². The van der Waals surface area contributed by atoms with Crippen LogP contribution < -0.4 is 5.32 Å². The van der Waals surface area contributed by atoms with E-state index in [2.05, 4.69) is 29.6 Å². The largest absolute Gasteiger partial charge is 0.314 e. The molecule has 0 atom stereocenters.